The predicted octanol–water partition coefficient (Wildman–Crippen LogP) is 0.0234. The van der Waals surface area contributed by atoms with E-state index in [1.165, 1.54) is 0 Å². The zero-order valence-electron chi connectivity index (χ0n) is 9.19. The van der Waals surface area contributed by atoms with Crippen molar-refractivity contribution < 1.29 is 9.59 Å². The van der Waals surface area contributed by atoms with Gasteiger partial charge in [0.05, 0.1) is 6.04 Å². The lowest BCUT2D eigenvalue weighted by Gasteiger charge is -2.10. The molecule has 2 amide bonds. The second-order valence-electron chi connectivity index (χ2n) is 4.56. The van der Waals surface area contributed by atoms with Crippen molar-refractivity contribution in [3.05, 3.63) is 34.9 Å². The maximum Gasteiger partial charge on any atom is 0.265 e. The van der Waals surface area contributed by atoms with E-state index in [4.69, 9.17) is 5.84 Å². The molecule has 1 fully saturated rings. The number of rotatable bonds is 1. The van der Waals surface area contributed by atoms with Crippen molar-refractivity contribution in [1.29, 1.82) is 0 Å². The van der Waals surface area contributed by atoms with Crippen LogP contribution in [0.25, 0.3) is 0 Å². The van der Waals surface area contributed by atoms with Gasteiger partial charge >= 0.3 is 0 Å². The Labute approximate surface area is 98.3 Å². The molecule has 0 unspecified atom stereocenters. The molecule has 1 aliphatic carbocycles. The number of fused-ring (bicyclic) bond motifs is 3. The SMILES string of the molecule is NNC(=O)c1cccc2c1C[C@@H]1CC(=O)N[C@H]21. The van der Waals surface area contributed by atoms with Crippen LogP contribution in [-0.2, 0) is 11.2 Å². The van der Waals surface area contributed by atoms with Gasteiger partial charge in [-0.05, 0) is 29.5 Å². The molecule has 2 atom stereocenters. The van der Waals surface area contributed by atoms with E-state index in [2.05, 4.69) is 10.7 Å². The number of amides is 2. The van der Waals surface area contributed by atoms with E-state index >= 15 is 0 Å². The molecule has 17 heavy (non-hydrogen) atoms. The second kappa shape index (κ2) is 3.56. The van der Waals surface area contributed by atoms with E-state index in [9.17, 15) is 9.59 Å². The van der Waals surface area contributed by atoms with Crippen LogP contribution in [-0.4, -0.2) is 11.8 Å². The van der Waals surface area contributed by atoms with Crippen molar-refractivity contribution >= 4 is 11.8 Å². The molecule has 4 N–H and O–H groups in total. The summed E-state index contributed by atoms with van der Waals surface area (Å²) in [5, 5.41) is 2.95. The number of nitrogens with one attached hydrogen (secondary N) is 2. The van der Waals surface area contributed by atoms with Gasteiger partial charge in [0.15, 0.2) is 0 Å². The Hall–Kier alpha value is -1.88. The lowest BCUT2D eigenvalue weighted by molar-refractivity contribution is -0.119. The highest BCUT2D eigenvalue weighted by atomic mass is 16.2. The molecule has 1 aromatic rings. The van der Waals surface area contributed by atoms with Crippen LogP contribution in [0.5, 0.6) is 0 Å². The predicted molar refractivity (Wildman–Crippen MR) is 60.8 cm³/mol. The highest BCUT2D eigenvalue weighted by molar-refractivity contribution is 5.96. The smallest absolute Gasteiger partial charge is 0.265 e. The van der Waals surface area contributed by atoms with Gasteiger partial charge in [0.2, 0.25) is 5.91 Å². The van der Waals surface area contributed by atoms with Crippen LogP contribution >= 0.6 is 0 Å². The van der Waals surface area contributed by atoms with Crippen molar-refractivity contribution in [2.45, 2.75) is 18.9 Å². The first-order valence-corrected chi connectivity index (χ1v) is 5.63. The molecule has 0 aromatic heterocycles. The summed E-state index contributed by atoms with van der Waals surface area (Å²) in [6.07, 6.45) is 1.31. The molecular formula is C12H13N3O2. The Morgan fingerprint density at radius 3 is 3.00 bits per heavy atom. The Kier molecular flexibility index (Phi) is 2.16. The minimum atomic E-state index is -0.270. The lowest BCUT2D eigenvalue weighted by Crippen LogP contribution is -2.31. The zero-order chi connectivity index (χ0) is 12.0. The van der Waals surface area contributed by atoms with Crippen LogP contribution < -0.4 is 16.6 Å². The van der Waals surface area contributed by atoms with Gasteiger partial charge in [-0.15, -0.1) is 0 Å². The van der Waals surface area contributed by atoms with Crippen LogP contribution in [0, 0.1) is 5.92 Å². The molecule has 1 saturated heterocycles. The normalized spacial score (nSPS) is 25.1. The highest BCUT2D eigenvalue weighted by Crippen LogP contribution is 2.42. The molecule has 1 aliphatic heterocycles. The molecule has 0 saturated carbocycles. The molecule has 0 bridgehead atoms. The van der Waals surface area contributed by atoms with Crippen molar-refractivity contribution in [2.75, 3.05) is 0 Å². The van der Waals surface area contributed by atoms with Crippen molar-refractivity contribution in [2.24, 2.45) is 11.8 Å². The topological polar surface area (TPSA) is 84.2 Å². The maximum absolute atomic E-state index is 11.6. The minimum Gasteiger partial charge on any atom is -0.349 e. The maximum atomic E-state index is 11.6. The highest BCUT2D eigenvalue weighted by Gasteiger charge is 2.41. The molecule has 2 aliphatic rings. The fourth-order valence-electron chi connectivity index (χ4n) is 2.90. The second-order valence-corrected chi connectivity index (χ2v) is 4.56. The molecule has 3 rings (SSSR count). The van der Waals surface area contributed by atoms with E-state index in [0.717, 1.165) is 17.5 Å². The number of hydrogen-bond donors (Lipinski definition) is 3. The number of carbonyl (C=O) groups excluding carboxylic acids is 2. The molecule has 0 spiro atoms. The Morgan fingerprint density at radius 2 is 2.24 bits per heavy atom. The molecule has 0 radical (unpaired) electrons. The third-order valence-electron chi connectivity index (χ3n) is 3.62. The Balaban J connectivity index is 2.05. The number of benzene rings is 1. The summed E-state index contributed by atoms with van der Waals surface area (Å²) in [4.78, 5) is 23.0. The quantitative estimate of drug-likeness (QED) is 0.362. The van der Waals surface area contributed by atoms with Crippen LogP contribution in [0.1, 0.15) is 33.9 Å². The van der Waals surface area contributed by atoms with E-state index < -0.39 is 0 Å². The number of carbonyl (C=O) groups is 2. The van der Waals surface area contributed by atoms with Gasteiger partial charge in [0.25, 0.3) is 5.91 Å². The number of nitrogens with two attached hydrogens (primary N) is 1. The molecule has 1 aromatic carbocycles. The van der Waals surface area contributed by atoms with Gasteiger partial charge in [0, 0.05) is 12.0 Å². The summed E-state index contributed by atoms with van der Waals surface area (Å²) in [7, 11) is 0. The van der Waals surface area contributed by atoms with Crippen LogP contribution in [0.4, 0.5) is 0 Å². The van der Waals surface area contributed by atoms with E-state index in [1.54, 1.807) is 6.07 Å². The minimum absolute atomic E-state index is 0.0722. The molecular weight excluding hydrogens is 218 g/mol. The van der Waals surface area contributed by atoms with Crippen LogP contribution in [0.2, 0.25) is 0 Å². The number of hydrazine groups is 1. The summed E-state index contributed by atoms with van der Waals surface area (Å²) in [6, 6.07) is 5.64. The summed E-state index contributed by atoms with van der Waals surface area (Å²) in [5.74, 6) is 5.27. The van der Waals surface area contributed by atoms with Crippen molar-refractivity contribution in [3.8, 4) is 0 Å². The zero-order valence-corrected chi connectivity index (χ0v) is 9.19. The third-order valence-corrected chi connectivity index (χ3v) is 3.62. The molecule has 88 valence electrons. The first kappa shape index (κ1) is 10.3. The fraction of sp³-hybridized carbons (Fsp3) is 0.333. The monoisotopic (exact) mass is 231 g/mol. The largest absolute Gasteiger partial charge is 0.349 e. The molecule has 1 heterocycles. The summed E-state index contributed by atoms with van der Waals surface area (Å²) in [6.45, 7) is 0. The van der Waals surface area contributed by atoms with Gasteiger partial charge in [-0.2, -0.15) is 0 Å². The lowest BCUT2D eigenvalue weighted by atomic mass is 10.0. The van der Waals surface area contributed by atoms with Gasteiger partial charge in [-0.3, -0.25) is 15.0 Å². The van der Waals surface area contributed by atoms with Gasteiger partial charge in [-0.1, -0.05) is 12.1 Å². The molecule has 5 nitrogen and oxygen atoms in total. The van der Waals surface area contributed by atoms with Crippen LogP contribution in [0.3, 0.4) is 0 Å². The van der Waals surface area contributed by atoms with E-state index in [-0.39, 0.29) is 23.8 Å². The fourth-order valence-corrected chi connectivity index (χ4v) is 2.90. The van der Waals surface area contributed by atoms with Crippen molar-refractivity contribution in [1.82, 2.24) is 10.7 Å². The average Bonchev–Trinajstić information content (AvgIpc) is 2.83. The average molecular weight is 231 g/mol. The van der Waals surface area contributed by atoms with Gasteiger partial charge < -0.3 is 5.32 Å². The van der Waals surface area contributed by atoms with Crippen LogP contribution in [0.15, 0.2) is 18.2 Å². The van der Waals surface area contributed by atoms with Crippen molar-refractivity contribution in [3.63, 3.8) is 0 Å². The number of hydrogen-bond acceptors (Lipinski definition) is 3. The Morgan fingerprint density at radius 1 is 1.41 bits per heavy atom. The first-order valence-electron chi connectivity index (χ1n) is 5.63. The summed E-state index contributed by atoms with van der Waals surface area (Å²) < 4.78 is 0. The van der Waals surface area contributed by atoms with Gasteiger partial charge in [0.1, 0.15) is 0 Å². The standard InChI is InChI=1S/C12H13N3O2/c13-15-12(17)8-3-1-2-7-9(8)4-6-5-10(16)14-11(6)7/h1-3,6,11H,4-5,13H2,(H,14,16)(H,15,17)/t6-,11+/m1/s1. The number of nitrogen functional groups attached to an aromatic ring is 1. The van der Waals surface area contributed by atoms with E-state index in [0.29, 0.717) is 12.0 Å². The first-order chi connectivity index (χ1) is 8.20. The summed E-state index contributed by atoms with van der Waals surface area (Å²) in [5.41, 5.74) is 4.85. The molecule has 5 heteroatoms. The third kappa shape index (κ3) is 1.43. The van der Waals surface area contributed by atoms with Gasteiger partial charge in [-0.25, -0.2) is 5.84 Å². The Bertz CT molecular complexity index is 512. The summed E-state index contributed by atoms with van der Waals surface area (Å²) >= 11 is 0. The van der Waals surface area contributed by atoms with E-state index in [1.807, 2.05) is 12.1 Å².